The molecule has 0 radical (unpaired) electrons. The van der Waals surface area contributed by atoms with Crippen molar-refractivity contribution in [2.45, 2.75) is 12.8 Å². The molecule has 1 unspecified atom stereocenters. The molecule has 1 heterocycles. The predicted octanol–water partition coefficient (Wildman–Crippen LogP) is 2.27. The molecule has 1 atom stereocenters. The molecule has 90 valence electrons. The van der Waals surface area contributed by atoms with E-state index in [1.807, 2.05) is 0 Å². The van der Waals surface area contributed by atoms with E-state index in [0.717, 1.165) is 19.4 Å². The third-order valence-corrected chi connectivity index (χ3v) is 4.90. The predicted molar refractivity (Wildman–Crippen MR) is 63.8 cm³/mol. The first-order valence-electron chi connectivity index (χ1n) is 5.10. The van der Waals surface area contributed by atoms with E-state index in [-0.39, 0.29) is 0 Å². The Morgan fingerprint density at radius 3 is 2.67 bits per heavy atom. The average molecular weight is 275 g/mol. The second kappa shape index (κ2) is 7.10. The van der Waals surface area contributed by atoms with Crippen LogP contribution in [0.4, 0.5) is 0 Å². The van der Waals surface area contributed by atoms with Gasteiger partial charge in [-0.1, -0.05) is 0 Å². The number of halogens is 2. The topological polar surface area (TPSA) is 41.6 Å². The smallest absolute Gasteiger partial charge is 0.306 e. The molecule has 1 aliphatic rings. The van der Waals surface area contributed by atoms with Gasteiger partial charge in [0, 0.05) is 31.4 Å². The summed E-state index contributed by atoms with van der Waals surface area (Å²) in [5.74, 6) is 0.996. The molecule has 0 bridgehead atoms. The average Bonchev–Trinajstić information content (AvgIpc) is 2.25. The Kier molecular flexibility index (Phi) is 6.51. The van der Waals surface area contributed by atoms with Crippen LogP contribution in [0.3, 0.4) is 0 Å². The summed E-state index contributed by atoms with van der Waals surface area (Å²) in [6.07, 6.45) is 1.68. The van der Waals surface area contributed by atoms with Crippen LogP contribution in [0, 0.1) is 0 Å². The van der Waals surface area contributed by atoms with Gasteiger partial charge in [0.15, 0.2) is 0 Å². The van der Waals surface area contributed by atoms with E-state index in [2.05, 4.69) is 5.09 Å². The third-order valence-electron chi connectivity index (χ3n) is 2.16. The summed E-state index contributed by atoms with van der Waals surface area (Å²) in [4.78, 5) is 0. The van der Waals surface area contributed by atoms with Gasteiger partial charge in [-0.2, -0.15) is 0 Å². The van der Waals surface area contributed by atoms with Crippen LogP contribution < -0.4 is 5.09 Å². The lowest BCUT2D eigenvalue weighted by atomic mass is 10.5. The van der Waals surface area contributed by atoms with Crippen LogP contribution in [0.25, 0.3) is 0 Å². The molecule has 1 saturated heterocycles. The van der Waals surface area contributed by atoms with Crippen LogP contribution in [0.5, 0.6) is 0 Å². The van der Waals surface area contributed by atoms with Crippen molar-refractivity contribution in [3.05, 3.63) is 0 Å². The molecule has 0 aliphatic carbocycles. The SMILES string of the molecule is O=P1(N(CCCl)CCCCl)NCCCO1. The molecule has 0 saturated carbocycles. The van der Waals surface area contributed by atoms with Crippen LogP contribution in [0.1, 0.15) is 12.8 Å². The number of rotatable bonds is 6. The summed E-state index contributed by atoms with van der Waals surface area (Å²) in [6.45, 7) is 2.49. The summed E-state index contributed by atoms with van der Waals surface area (Å²) in [5.41, 5.74) is 0. The van der Waals surface area contributed by atoms with Crippen LogP contribution in [0.15, 0.2) is 0 Å². The molecule has 0 aromatic heterocycles. The fourth-order valence-corrected chi connectivity index (χ4v) is 3.90. The summed E-state index contributed by atoms with van der Waals surface area (Å²) < 4.78 is 19.4. The van der Waals surface area contributed by atoms with E-state index in [4.69, 9.17) is 27.7 Å². The van der Waals surface area contributed by atoms with Crippen molar-refractivity contribution in [1.82, 2.24) is 9.76 Å². The molecule has 4 nitrogen and oxygen atoms in total. The quantitative estimate of drug-likeness (QED) is 0.596. The van der Waals surface area contributed by atoms with Gasteiger partial charge in [-0.3, -0.25) is 4.57 Å². The van der Waals surface area contributed by atoms with Crippen molar-refractivity contribution in [2.24, 2.45) is 0 Å². The summed E-state index contributed by atoms with van der Waals surface area (Å²) in [7, 11) is -2.83. The lowest BCUT2D eigenvalue weighted by Crippen LogP contribution is -2.35. The fraction of sp³-hybridized carbons (Fsp3) is 1.00. The highest BCUT2D eigenvalue weighted by atomic mass is 35.5. The maximum Gasteiger partial charge on any atom is 0.343 e. The van der Waals surface area contributed by atoms with Crippen molar-refractivity contribution < 1.29 is 9.09 Å². The lowest BCUT2D eigenvalue weighted by molar-refractivity contribution is 0.230. The fourth-order valence-electron chi connectivity index (χ4n) is 1.42. The highest BCUT2D eigenvalue weighted by molar-refractivity contribution is 7.54. The first kappa shape index (κ1) is 13.8. The van der Waals surface area contributed by atoms with E-state index < -0.39 is 7.67 Å². The van der Waals surface area contributed by atoms with Crippen molar-refractivity contribution >= 4 is 30.9 Å². The Balaban J connectivity index is 2.55. The zero-order chi connectivity index (χ0) is 11.1. The van der Waals surface area contributed by atoms with Crippen molar-refractivity contribution in [3.63, 3.8) is 0 Å². The Morgan fingerprint density at radius 1 is 1.33 bits per heavy atom. The first-order valence-corrected chi connectivity index (χ1v) is 7.74. The highest BCUT2D eigenvalue weighted by Gasteiger charge is 2.32. The largest absolute Gasteiger partial charge is 0.343 e. The van der Waals surface area contributed by atoms with E-state index >= 15 is 0 Å². The van der Waals surface area contributed by atoms with E-state index in [0.29, 0.717) is 31.5 Å². The summed E-state index contributed by atoms with van der Waals surface area (Å²) >= 11 is 11.3. The minimum atomic E-state index is -2.83. The first-order chi connectivity index (χ1) is 7.23. The van der Waals surface area contributed by atoms with Crippen LogP contribution >= 0.6 is 30.9 Å². The number of hydrogen-bond donors (Lipinski definition) is 1. The van der Waals surface area contributed by atoms with Crippen LogP contribution in [0.2, 0.25) is 0 Å². The van der Waals surface area contributed by atoms with Gasteiger partial charge in [-0.25, -0.2) is 9.76 Å². The molecule has 0 spiro atoms. The van der Waals surface area contributed by atoms with Crippen molar-refractivity contribution in [2.75, 3.05) is 38.0 Å². The standard InChI is InChI=1S/C8H17Cl2N2O2P/c9-3-1-6-12(7-4-10)15(13)11-5-2-8-14-15/h1-8H2,(H,11,13). The molecule has 0 aromatic carbocycles. The minimum absolute atomic E-state index is 0.442. The van der Waals surface area contributed by atoms with E-state index in [1.54, 1.807) is 4.67 Å². The molecule has 15 heavy (non-hydrogen) atoms. The maximum atomic E-state index is 12.3. The van der Waals surface area contributed by atoms with Gasteiger partial charge in [0.1, 0.15) is 0 Å². The van der Waals surface area contributed by atoms with Gasteiger partial charge >= 0.3 is 7.67 Å². The van der Waals surface area contributed by atoms with E-state index in [9.17, 15) is 4.57 Å². The van der Waals surface area contributed by atoms with Gasteiger partial charge < -0.3 is 4.52 Å². The second-order valence-electron chi connectivity index (χ2n) is 3.30. The number of alkyl halides is 2. The zero-order valence-corrected chi connectivity index (χ0v) is 11.0. The van der Waals surface area contributed by atoms with Crippen molar-refractivity contribution in [1.29, 1.82) is 0 Å². The van der Waals surface area contributed by atoms with Crippen LogP contribution in [-0.4, -0.2) is 42.7 Å². The Hall–Kier alpha value is 0.690. The maximum absolute atomic E-state index is 12.3. The monoisotopic (exact) mass is 274 g/mol. The summed E-state index contributed by atoms with van der Waals surface area (Å²) in [6, 6.07) is 0. The number of hydrogen-bond acceptors (Lipinski definition) is 2. The molecular formula is C8H17Cl2N2O2P. The second-order valence-corrected chi connectivity index (χ2v) is 6.24. The minimum Gasteiger partial charge on any atom is -0.306 e. The zero-order valence-electron chi connectivity index (χ0n) is 8.62. The van der Waals surface area contributed by atoms with E-state index in [1.165, 1.54) is 0 Å². The van der Waals surface area contributed by atoms with Gasteiger partial charge in [-0.05, 0) is 12.8 Å². The third kappa shape index (κ3) is 4.22. The van der Waals surface area contributed by atoms with Gasteiger partial charge in [-0.15, -0.1) is 23.2 Å². The van der Waals surface area contributed by atoms with Gasteiger partial charge in [0.2, 0.25) is 0 Å². The normalized spacial score (nSPS) is 27.1. The molecule has 1 N–H and O–H groups in total. The molecule has 0 amide bonds. The lowest BCUT2D eigenvalue weighted by Gasteiger charge is -2.33. The Bertz CT molecular complexity index is 221. The van der Waals surface area contributed by atoms with Gasteiger partial charge in [0.25, 0.3) is 0 Å². The number of nitrogens with zero attached hydrogens (tertiary/aromatic N) is 1. The molecule has 1 aliphatic heterocycles. The van der Waals surface area contributed by atoms with Crippen molar-refractivity contribution in [3.8, 4) is 0 Å². The molecule has 0 aromatic rings. The molecular weight excluding hydrogens is 258 g/mol. The molecule has 1 rings (SSSR count). The molecule has 1 fully saturated rings. The van der Waals surface area contributed by atoms with Gasteiger partial charge in [0.05, 0.1) is 6.61 Å². The van der Waals surface area contributed by atoms with Crippen LogP contribution in [-0.2, 0) is 9.09 Å². The Morgan fingerprint density at radius 2 is 2.13 bits per heavy atom. The Labute approximate surface area is 101 Å². The summed E-state index contributed by atoms with van der Waals surface area (Å²) in [5, 5.41) is 2.95. The number of nitrogens with one attached hydrogen (secondary N) is 1. The molecule has 7 heteroatoms. The highest BCUT2D eigenvalue weighted by Crippen LogP contribution is 2.48.